The number of hydrogen-bond donors (Lipinski definition) is 1. The number of aromatic nitrogens is 3. The fourth-order valence-electron chi connectivity index (χ4n) is 1.68. The molecule has 4 nitrogen and oxygen atoms in total. The third-order valence-electron chi connectivity index (χ3n) is 2.67. The van der Waals surface area contributed by atoms with Crippen molar-refractivity contribution in [3.63, 3.8) is 0 Å². The van der Waals surface area contributed by atoms with E-state index in [1.807, 2.05) is 30.3 Å². The molecule has 20 heavy (non-hydrogen) atoms. The molecule has 0 saturated heterocycles. The van der Waals surface area contributed by atoms with Gasteiger partial charge in [0.2, 0.25) is 5.13 Å². The van der Waals surface area contributed by atoms with Crippen LogP contribution in [0.3, 0.4) is 0 Å². The van der Waals surface area contributed by atoms with Gasteiger partial charge in [-0.3, -0.25) is 4.98 Å². The highest BCUT2D eigenvalue weighted by Gasteiger charge is 2.07. The molecule has 0 saturated carbocycles. The van der Waals surface area contributed by atoms with Crippen LogP contribution in [0.2, 0.25) is 0 Å². The molecule has 2 aromatic heterocycles. The van der Waals surface area contributed by atoms with Crippen LogP contribution in [0.1, 0.15) is 5.56 Å². The Morgan fingerprint density at radius 3 is 2.70 bits per heavy atom. The van der Waals surface area contributed by atoms with E-state index in [9.17, 15) is 0 Å². The van der Waals surface area contributed by atoms with Crippen molar-refractivity contribution in [1.82, 2.24) is 14.3 Å². The summed E-state index contributed by atoms with van der Waals surface area (Å²) in [5, 5.41) is 4.07. The Morgan fingerprint density at radius 2 is 1.95 bits per heavy atom. The van der Waals surface area contributed by atoms with Crippen molar-refractivity contribution < 1.29 is 0 Å². The molecule has 0 bridgehead atoms. The first-order valence-corrected chi connectivity index (χ1v) is 7.61. The van der Waals surface area contributed by atoms with Gasteiger partial charge in [0.1, 0.15) is 5.69 Å². The van der Waals surface area contributed by atoms with E-state index in [1.165, 1.54) is 17.1 Å². The van der Waals surface area contributed by atoms with Crippen molar-refractivity contribution >= 4 is 32.6 Å². The number of benzene rings is 1. The zero-order chi connectivity index (χ0) is 13.8. The van der Waals surface area contributed by atoms with Gasteiger partial charge in [-0.05, 0) is 33.6 Å². The van der Waals surface area contributed by atoms with Crippen LogP contribution in [-0.2, 0) is 6.54 Å². The van der Waals surface area contributed by atoms with Gasteiger partial charge in [0, 0.05) is 28.7 Å². The summed E-state index contributed by atoms with van der Waals surface area (Å²) < 4.78 is 5.26. The van der Waals surface area contributed by atoms with Gasteiger partial charge in [0.25, 0.3) is 0 Å². The molecule has 3 aromatic rings. The van der Waals surface area contributed by atoms with Crippen LogP contribution < -0.4 is 5.32 Å². The molecule has 1 N–H and O–H groups in total. The molecule has 0 aliphatic heterocycles. The van der Waals surface area contributed by atoms with E-state index in [-0.39, 0.29) is 0 Å². The number of pyridine rings is 1. The number of rotatable bonds is 4. The fraction of sp³-hybridized carbons (Fsp3) is 0.0714. The Bertz CT molecular complexity index is 682. The Kier molecular flexibility index (Phi) is 4.03. The standard InChI is InChI=1S/C14H11BrN4S/c15-11-6-7-12(16-9-11)13-18-14(20-19-13)17-8-10-4-2-1-3-5-10/h1-7,9H,8H2,(H,17,18,19). The van der Waals surface area contributed by atoms with Crippen LogP contribution in [0, 0.1) is 0 Å². The molecule has 3 rings (SSSR count). The molecule has 100 valence electrons. The molecule has 0 aliphatic rings. The summed E-state index contributed by atoms with van der Waals surface area (Å²) in [4.78, 5) is 8.73. The summed E-state index contributed by atoms with van der Waals surface area (Å²) in [6, 6.07) is 14.0. The Balaban J connectivity index is 1.69. The average Bonchev–Trinajstić information content (AvgIpc) is 2.96. The summed E-state index contributed by atoms with van der Waals surface area (Å²) >= 11 is 4.70. The highest BCUT2D eigenvalue weighted by molar-refractivity contribution is 9.10. The third-order valence-corrected chi connectivity index (χ3v) is 3.81. The quantitative estimate of drug-likeness (QED) is 0.776. The predicted molar refractivity (Wildman–Crippen MR) is 84.6 cm³/mol. The van der Waals surface area contributed by atoms with Gasteiger partial charge in [-0.15, -0.1) is 0 Å². The van der Waals surface area contributed by atoms with E-state index >= 15 is 0 Å². The minimum Gasteiger partial charge on any atom is -0.356 e. The molecule has 0 unspecified atom stereocenters. The third kappa shape index (κ3) is 3.20. The lowest BCUT2D eigenvalue weighted by molar-refractivity contribution is 1.13. The molecule has 0 atom stereocenters. The monoisotopic (exact) mass is 346 g/mol. The largest absolute Gasteiger partial charge is 0.356 e. The Labute approximate surface area is 129 Å². The van der Waals surface area contributed by atoms with Gasteiger partial charge >= 0.3 is 0 Å². The number of hydrogen-bond acceptors (Lipinski definition) is 5. The van der Waals surface area contributed by atoms with E-state index in [4.69, 9.17) is 0 Å². The summed E-state index contributed by atoms with van der Waals surface area (Å²) in [5.41, 5.74) is 1.99. The maximum absolute atomic E-state index is 4.44. The number of halogens is 1. The van der Waals surface area contributed by atoms with Crippen molar-refractivity contribution in [2.75, 3.05) is 5.32 Å². The van der Waals surface area contributed by atoms with Gasteiger partial charge in [-0.2, -0.15) is 9.36 Å². The molecule has 2 heterocycles. The minimum absolute atomic E-state index is 0.651. The Morgan fingerprint density at radius 1 is 1.10 bits per heavy atom. The number of nitrogens with one attached hydrogen (secondary N) is 1. The van der Waals surface area contributed by atoms with E-state index in [2.05, 4.69) is 47.7 Å². The van der Waals surface area contributed by atoms with Crippen LogP contribution in [0.4, 0.5) is 5.13 Å². The highest BCUT2D eigenvalue weighted by atomic mass is 79.9. The van der Waals surface area contributed by atoms with Crippen LogP contribution in [0.25, 0.3) is 11.5 Å². The second kappa shape index (κ2) is 6.11. The van der Waals surface area contributed by atoms with E-state index in [1.54, 1.807) is 6.20 Å². The first-order valence-electron chi connectivity index (χ1n) is 6.05. The van der Waals surface area contributed by atoms with Crippen molar-refractivity contribution in [1.29, 1.82) is 0 Å². The number of nitrogens with zero attached hydrogens (tertiary/aromatic N) is 3. The van der Waals surface area contributed by atoms with Crippen molar-refractivity contribution in [3.05, 3.63) is 58.7 Å². The topological polar surface area (TPSA) is 50.7 Å². The van der Waals surface area contributed by atoms with Crippen LogP contribution >= 0.6 is 27.5 Å². The summed E-state index contributed by atoms with van der Waals surface area (Å²) in [7, 11) is 0. The summed E-state index contributed by atoms with van der Waals surface area (Å²) in [6.45, 7) is 0.739. The predicted octanol–water partition coefficient (Wildman–Crippen LogP) is 3.97. The zero-order valence-electron chi connectivity index (χ0n) is 10.5. The first kappa shape index (κ1) is 13.2. The second-order valence-electron chi connectivity index (χ2n) is 4.12. The second-order valence-corrected chi connectivity index (χ2v) is 5.79. The van der Waals surface area contributed by atoms with Gasteiger partial charge < -0.3 is 5.32 Å². The molecule has 0 amide bonds. The fourth-order valence-corrected chi connectivity index (χ4v) is 2.49. The molecule has 6 heteroatoms. The molecule has 0 spiro atoms. The van der Waals surface area contributed by atoms with Crippen molar-refractivity contribution in [2.45, 2.75) is 6.54 Å². The maximum atomic E-state index is 4.44. The van der Waals surface area contributed by atoms with Crippen LogP contribution in [-0.4, -0.2) is 14.3 Å². The SMILES string of the molecule is Brc1ccc(-c2nsc(NCc3ccccc3)n2)nc1. The smallest absolute Gasteiger partial charge is 0.203 e. The van der Waals surface area contributed by atoms with Crippen molar-refractivity contribution in [3.8, 4) is 11.5 Å². The van der Waals surface area contributed by atoms with E-state index < -0.39 is 0 Å². The normalized spacial score (nSPS) is 10.4. The highest BCUT2D eigenvalue weighted by Crippen LogP contribution is 2.21. The first-order chi connectivity index (χ1) is 9.81. The lowest BCUT2D eigenvalue weighted by Gasteiger charge is -2.01. The Hall–Kier alpha value is -1.79. The average molecular weight is 347 g/mol. The van der Waals surface area contributed by atoms with Gasteiger partial charge in [0.05, 0.1) is 0 Å². The lowest BCUT2D eigenvalue weighted by Crippen LogP contribution is -1.98. The van der Waals surface area contributed by atoms with Gasteiger partial charge in [-0.25, -0.2) is 0 Å². The molecule has 1 aromatic carbocycles. The van der Waals surface area contributed by atoms with Gasteiger partial charge in [0.15, 0.2) is 5.82 Å². The van der Waals surface area contributed by atoms with Crippen molar-refractivity contribution in [2.24, 2.45) is 0 Å². The molecule has 0 aliphatic carbocycles. The zero-order valence-corrected chi connectivity index (χ0v) is 12.9. The van der Waals surface area contributed by atoms with E-state index in [0.717, 1.165) is 21.8 Å². The molecule has 0 fully saturated rings. The van der Waals surface area contributed by atoms with E-state index in [0.29, 0.717) is 5.82 Å². The molecular formula is C14H11BrN4S. The van der Waals surface area contributed by atoms with Crippen LogP contribution in [0.15, 0.2) is 53.1 Å². The van der Waals surface area contributed by atoms with Gasteiger partial charge in [-0.1, -0.05) is 30.3 Å². The molecule has 0 radical (unpaired) electrons. The maximum Gasteiger partial charge on any atom is 0.203 e. The van der Waals surface area contributed by atoms with Crippen LogP contribution in [0.5, 0.6) is 0 Å². The molecular weight excluding hydrogens is 336 g/mol. The summed E-state index contributed by atoms with van der Waals surface area (Å²) in [6.07, 6.45) is 1.74. The summed E-state index contributed by atoms with van der Waals surface area (Å²) in [5.74, 6) is 0.651. The minimum atomic E-state index is 0.651. The lowest BCUT2D eigenvalue weighted by atomic mass is 10.2. The number of anilines is 1.